The zero-order valence-electron chi connectivity index (χ0n) is 21.4. The molecule has 4 rings (SSSR count). The second kappa shape index (κ2) is 10.0. The van der Waals surface area contributed by atoms with Crippen molar-refractivity contribution in [3.8, 4) is 0 Å². The Morgan fingerprint density at radius 3 is 2.74 bits per heavy atom. The van der Waals surface area contributed by atoms with Crippen molar-refractivity contribution in [3.63, 3.8) is 0 Å². The summed E-state index contributed by atoms with van der Waals surface area (Å²) in [5.41, 5.74) is 4.79. The van der Waals surface area contributed by atoms with E-state index in [2.05, 4.69) is 63.4 Å². The number of nitrogens with zero attached hydrogens (tertiary/aromatic N) is 4. The predicted octanol–water partition coefficient (Wildman–Crippen LogP) is 5.47. The van der Waals surface area contributed by atoms with Gasteiger partial charge in [-0.25, -0.2) is 9.98 Å². The van der Waals surface area contributed by atoms with Crippen molar-refractivity contribution >= 4 is 28.2 Å². The van der Waals surface area contributed by atoms with Gasteiger partial charge in [0, 0.05) is 25.2 Å². The molecule has 3 atom stereocenters. The van der Waals surface area contributed by atoms with E-state index < -0.39 is 0 Å². The van der Waals surface area contributed by atoms with Gasteiger partial charge in [-0.05, 0) is 50.3 Å². The second-order valence-corrected chi connectivity index (χ2v) is 9.52. The molecule has 1 aliphatic heterocycles. The Balaban J connectivity index is 1.74. The van der Waals surface area contributed by atoms with Gasteiger partial charge in [-0.15, -0.1) is 0 Å². The van der Waals surface area contributed by atoms with Crippen LogP contribution in [0.5, 0.6) is 0 Å². The highest BCUT2D eigenvalue weighted by atomic mass is 16.5. The van der Waals surface area contributed by atoms with Gasteiger partial charge in [-0.1, -0.05) is 32.9 Å². The number of anilines is 1. The number of pyridine rings is 1. The zero-order valence-corrected chi connectivity index (χ0v) is 21.4. The maximum atomic E-state index is 5.91. The smallest absolute Gasteiger partial charge is 0.218 e. The maximum absolute atomic E-state index is 5.91. The van der Waals surface area contributed by atoms with Gasteiger partial charge in [0.05, 0.1) is 42.1 Å². The van der Waals surface area contributed by atoms with Crippen LogP contribution in [0.15, 0.2) is 41.1 Å². The van der Waals surface area contributed by atoms with Crippen LogP contribution in [0, 0.1) is 11.8 Å². The van der Waals surface area contributed by atoms with Crippen LogP contribution in [0.3, 0.4) is 0 Å². The average molecular weight is 464 g/mol. The molecule has 0 spiro atoms. The molecule has 3 unspecified atom stereocenters. The molecular weight excluding hydrogens is 426 g/mol. The van der Waals surface area contributed by atoms with Gasteiger partial charge in [-0.2, -0.15) is 5.10 Å². The van der Waals surface area contributed by atoms with Crippen molar-refractivity contribution in [2.24, 2.45) is 23.9 Å². The van der Waals surface area contributed by atoms with E-state index >= 15 is 0 Å². The van der Waals surface area contributed by atoms with Crippen LogP contribution >= 0.6 is 0 Å². The van der Waals surface area contributed by atoms with Gasteiger partial charge in [0.2, 0.25) is 5.90 Å². The number of fused-ring (bicyclic) bond motifs is 1. The number of rotatable bonds is 7. The van der Waals surface area contributed by atoms with Crippen molar-refractivity contribution < 1.29 is 9.47 Å². The summed E-state index contributed by atoms with van der Waals surface area (Å²) in [6.07, 6.45) is 9.54. The topological polar surface area (TPSA) is 73.6 Å². The first-order valence-corrected chi connectivity index (χ1v) is 12.3. The lowest BCUT2D eigenvalue weighted by Gasteiger charge is -2.24. The van der Waals surface area contributed by atoms with Crippen LogP contribution in [0.25, 0.3) is 16.6 Å². The molecule has 0 bridgehead atoms. The normalized spacial score (nSPS) is 22.5. The van der Waals surface area contributed by atoms with E-state index in [4.69, 9.17) is 24.5 Å². The van der Waals surface area contributed by atoms with Crippen molar-refractivity contribution in [2.45, 2.75) is 53.0 Å². The van der Waals surface area contributed by atoms with Crippen molar-refractivity contribution in [1.29, 1.82) is 0 Å². The molecule has 0 amide bonds. The number of aliphatic imine (C=N–C) groups is 1. The predicted molar refractivity (Wildman–Crippen MR) is 139 cm³/mol. The minimum Gasteiger partial charge on any atom is -0.497 e. The van der Waals surface area contributed by atoms with Crippen molar-refractivity contribution in [2.75, 3.05) is 25.6 Å². The SMILES string of the molecule is CCOC1=NC(C)CC=C1c1cc(NCC2C=CC(OC)=CC2C)c2c(C(C)C)nn(C)c2n1. The van der Waals surface area contributed by atoms with Gasteiger partial charge in [0.1, 0.15) is 5.76 Å². The van der Waals surface area contributed by atoms with Gasteiger partial charge in [-0.3, -0.25) is 4.68 Å². The van der Waals surface area contributed by atoms with Gasteiger partial charge < -0.3 is 14.8 Å². The van der Waals surface area contributed by atoms with E-state index in [1.165, 1.54) is 0 Å². The fourth-order valence-electron chi connectivity index (χ4n) is 4.57. The summed E-state index contributed by atoms with van der Waals surface area (Å²) >= 11 is 0. The van der Waals surface area contributed by atoms with Gasteiger partial charge in [0.25, 0.3) is 0 Å². The van der Waals surface area contributed by atoms with E-state index in [1.54, 1.807) is 7.11 Å². The average Bonchev–Trinajstić information content (AvgIpc) is 3.15. The molecule has 0 aromatic carbocycles. The summed E-state index contributed by atoms with van der Waals surface area (Å²) in [4.78, 5) is 9.80. The molecule has 7 heteroatoms. The van der Waals surface area contributed by atoms with Crippen LogP contribution in [-0.4, -0.2) is 47.0 Å². The summed E-state index contributed by atoms with van der Waals surface area (Å²) in [6.45, 7) is 12.0. The summed E-state index contributed by atoms with van der Waals surface area (Å²) in [7, 11) is 3.68. The first-order valence-electron chi connectivity index (χ1n) is 12.3. The van der Waals surface area contributed by atoms with E-state index in [-0.39, 0.29) is 12.0 Å². The van der Waals surface area contributed by atoms with Crippen LogP contribution in [0.1, 0.15) is 58.3 Å². The molecule has 2 aromatic rings. The molecule has 2 aromatic heterocycles. The van der Waals surface area contributed by atoms with E-state index in [9.17, 15) is 0 Å². The highest BCUT2D eigenvalue weighted by Gasteiger charge is 2.24. The van der Waals surface area contributed by atoms with E-state index in [0.29, 0.717) is 24.3 Å². The Kier molecular flexibility index (Phi) is 7.10. The summed E-state index contributed by atoms with van der Waals surface area (Å²) in [5.74, 6) is 2.62. The molecule has 0 saturated carbocycles. The molecule has 7 nitrogen and oxygen atoms in total. The third-order valence-corrected chi connectivity index (χ3v) is 6.53. The van der Waals surface area contributed by atoms with E-state index in [0.717, 1.165) is 52.4 Å². The van der Waals surface area contributed by atoms with Gasteiger partial charge in [0.15, 0.2) is 5.65 Å². The Morgan fingerprint density at radius 1 is 1.26 bits per heavy atom. The first-order chi connectivity index (χ1) is 16.3. The fraction of sp³-hybridized carbons (Fsp3) is 0.519. The Hall–Kier alpha value is -3.09. The minimum absolute atomic E-state index is 0.209. The maximum Gasteiger partial charge on any atom is 0.218 e. The Bertz CT molecular complexity index is 1170. The molecule has 1 N–H and O–H groups in total. The quantitative estimate of drug-likeness (QED) is 0.590. The number of nitrogens with one attached hydrogen (secondary N) is 1. The number of aromatic nitrogens is 3. The minimum atomic E-state index is 0.209. The molecule has 0 saturated heterocycles. The largest absolute Gasteiger partial charge is 0.497 e. The fourth-order valence-corrected chi connectivity index (χ4v) is 4.57. The summed E-state index contributed by atoms with van der Waals surface area (Å²) in [6, 6.07) is 2.35. The molecule has 2 aliphatic rings. The molecule has 0 radical (unpaired) electrons. The molecule has 34 heavy (non-hydrogen) atoms. The summed E-state index contributed by atoms with van der Waals surface area (Å²) in [5, 5.41) is 9.65. The van der Waals surface area contributed by atoms with Crippen LogP contribution in [0.2, 0.25) is 0 Å². The van der Waals surface area contributed by atoms with Crippen LogP contribution in [-0.2, 0) is 16.5 Å². The molecule has 0 fully saturated rings. The van der Waals surface area contributed by atoms with Crippen LogP contribution in [0.4, 0.5) is 5.69 Å². The monoisotopic (exact) mass is 463 g/mol. The first kappa shape index (κ1) is 24.0. The number of ether oxygens (including phenoxy) is 2. The lowest BCUT2D eigenvalue weighted by Crippen LogP contribution is -2.21. The van der Waals surface area contributed by atoms with Crippen molar-refractivity contribution in [3.05, 3.63) is 47.5 Å². The standard InChI is InChI=1S/C27H37N5O2/c1-8-34-27-21(12-9-18(5)29-27)22-14-23(24-25(16(2)3)31-32(6)26(24)30-22)28-15-19-10-11-20(33-7)13-17(19)4/h10-14,16-19H,8-9,15H2,1-7H3,(H,28,30). The highest BCUT2D eigenvalue weighted by molar-refractivity contribution is 6.20. The van der Waals surface area contributed by atoms with E-state index in [1.807, 2.05) is 18.7 Å². The Morgan fingerprint density at radius 2 is 2.06 bits per heavy atom. The number of methoxy groups -OCH3 is 1. The number of aryl methyl sites for hydroxylation is 1. The number of dihydropyridines is 1. The molecule has 182 valence electrons. The lowest BCUT2D eigenvalue weighted by atomic mass is 9.89. The molecule has 3 heterocycles. The second-order valence-electron chi connectivity index (χ2n) is 9.52. The molecule has 1 aliphatic carbocycles. The number of hydrogen-bond donors (Lipinski definition) is 1. The third-order valence-electron chi connectivity index (χ3n) is 6.53. The summed E-state index contributed by atoms with van der Waals surface area (Å²) < 4.78 is 13.2. The van der Waals surface area contributed by atoms with Crippen LogP contribution < -0.4 is 5.32 Å². The Labute approximate surface area is 202 Å². The third kappa shape index (κ3) is 4.74. The number of allylic oxidation sites excluding steroid dienone is 2. The van der Waals surface area contributed by atoms with Crippen molar-refractivity contribution in [1.82, 2.24) is 14.8 Å². The van der Waals surface area contributed by atoms with Gasteiger partial charge >= 0.3 is 0 Å². The highest BCUT2D eigenvalue weighted by Crippen LogP contribution is 2.34. The lowest BCUT2D eigenvalue weighted by molar-refractivity contribution is 0.296. The number of hydrogen-bond acceptors (Lipinski definition) is 6. The zero-order chi connectivity index (χ0) is 24.4. The molecular formula is C27H37N5O2.